The van der Waals surface area contributed by atoms with Crippen molar-refractivity contribution in [3.05, 3.63) is 35.5 Å². The summed E-state index contributed by atoms with van der Waals surface area (Å²) in [4.78, 5) is 23.1. The van der Waals surface area contributed by atoms with Crippen LogP contribution < -0.4 is 15.5 Å². The number of hydrogen-bond acceptors (Lipinski definition) is 7. The Morgan fingerprint density at radius 1 is 1.10 bits per heavy atom. The molecule has 1 fully saturated rings. The van der Waals surface area contributed by atoms with E-state index in [-0.39, 0.29) is 19.1 Å². The Hall–Kier alpha value is -2.76. The van der Waals surface area contributed by atoms with Gasteiger partial charge in [-0.1, -0.05) is 0 Å². The molecule has 30 heavy (non-hydrogen) atoms. The topological polar surface area (TPSA) is 117 Å². The number of benzene rings is 1. The van der Waals surface area contributed by atoms with Crippen LogP contribution in [0.2, 0.25) is 0 Å². The molecule has 0 saturated carbocycles. The van der Waals surface area contributed by atoms with E-state index in [9.17, 15) is 13.2 Å². The van der Waals surface area contributed by atoms with Gasteiger partial charge in [0.05, 0.1) is 31.7 Å². The molecule has 0 bridgehead atoms. The summed E-state index contributed by atoms with van der Waals surface area (Å²) in [5, 5.41) is 5.21. The number of ether oxygens (including phenoxy) is 1. The van der Waals surface area contributed by atoms with Gasteiger partial charge in [-0.15, -0.1) is 0 Å². The Morgan fingerprint density at radius 3 is 2.43 bits per heavy atom. The minimum absolute atomic E-state index is 0.233. The zero-order valence-corrected chi connectivity index (χ0v) is 17.7. The van der Waals surface area contributed by atoms with Gasteiger partial charge in [0.25, 0.3) is 0 Å². The van der Waals surface area contributed by atoms with Gasteiger partial charge in [-0.2, -0.15) is 4.31 Å². The first-order valence-corrected chi connectivity index (χ1v) is 11.5. The minimum atomic E-state index is -3.34. The maximum absolute atomic E-state index is 12.1. The molecule has 2 amide bonds. The quantitative estimate of drug-likeness (QED) is 0.740. The molecular formula is C19H24N6O4S. The van der Waals surface area contributed by atoms with E-state index in [0.717, 1.165) is 22.6 Å². The van der Waals surface area contributed by atoms with Crippen LogP contribution in [-0.4, -0.2) is 68.3 Å². The van der Waals surface area contributed by atoms with Crippen LogP contribution in [0, 0.1) is 0 Å². The molecule has 4 rings (SSSR count). The van der Waals surface area contributed by atoms with Crippen LogP contribution >= 0.6 is 0 Å². The van der Waals surface area contributed by atoms with Crippen LogP contribution in [0.1, 0.15) is 11.3 Å². The number of morpholine rings is 1. The number of rotatable bonds is 4. The molecule has 1 aromatic carbocycles. The fourth-order valence-electron chi connectivity index (χ4n) is 3.51. The Morgan fingerprint density at radius 2 is 1.80 bits per heavy atom. The number of sulfonamides is 1. The highest BCUT2D eigenvalue weighted by Gasteiger charge is 2.32. The van der Waals surface area contributed by atoms with Gasteiger partial charge in [0.15, 0.2) is 5.82 Å². The second kappa shape index (κ2) is 8.17. The smallest absolute Gasteiger partial charge is 0.318 e. The van der Waals surface area contributed by atoms with Crippen LogP contribution in [0.15, 0.2) is 24.3 Å². The van der Waals surface area contributed by atoms with Crippen molar-refractivity contribution in [1.29, 1.82) is 0 Å². The predicted molar refractivity (Wildman–Crippen MR) is 113 cm³/mol. The summed E-state index contributed by atoms with van der Waals surface area (Å²) in [6.07, 6.45) is 1.21. The average molecular weight is 433 g/mol. The van der Waals surface area contributed by atoms with Crippen molar-refractivity contribution < 1.29 is 17.9 Å². The third-order valence-electron chi connectivity index (χ3n) is 5.14. The summed E-state index contributed by atoms with van der Waals surface area (Å²) in [5.74, 6) is 1.29. The van der Waals surface area contributed by atoms with E-state index in [0.29, 0.717) is 37.8 Å². The minimum Gasteiger partial charge on any atom is -0.378 e. The zero-order valence-electron chi connectivity index (χ0n) is 16.9. The van der Waals surface area contributed by atoms with Gasteiger partial charge in [-0.3, -0.25) is 0 Å². The number of nitrogens with one attached hydrogen (secondary N) is 2. The van der Waals surface area contributed by atoms with E-state index in [1.165, 1.54) is 10.6 Å². The van der Waals surface area contributed by atoms with Crippen molar-refractivity contribution in [2.24, 2.45) is 0 Å². The fourth-order valence-corrected chi connectivity index (χ4v) is 4.23. The van der Waals surface area contributed by atoms with Gasteiger partial charge < -0.3 is 20.3 Å². The lowest BCUT2D eigenvalue weighted by Crippen LogP contribution is -2.37. The standard InChI is InChI=1S/C19H24N6O4S/c1-20-19(26)21-14-5-3-13(4-6-14)17-22-16-12-25(30(2,27)28)11-15(16)18(23-17)24-7-9-29-10-8-24/h3-6H,7-12H2,1-2H3,(H2,20,21,26). The molecule has 1 saturated heterocycles. The normalized spacial score (nSPS) is 16.9. The number of fused-ring (bicyclic) bond motifs is 1. The Labute approximate surface area is 175 Å². The third kappa shape index (κ3) is 4.23. The Balaban J connectivity index is 1.70. The lowest BCUT2D eigenvalue weighted by molar-refractivity contribution is 0.122. The van der Waals surface area contributed by atoms with Crippen molar-refractivity contribution in [2.75, 3.05) is 49.8 Å². The third-order valence-corrected chi connectivity index (χ3v) is 6.34. The number of hydrogen-bond donors (Lipinski definition) is 2. The number of amides is 2. The molecule has 2 aliphatic rings. The van der Waals surface area contributed by atoms with Crippen LogP contribution in [0.25, 0.3) is 11.4 Å². The van der Waals surface area contributed by atoms with Gasteiger partial charge in [-0.05, 0) is 24.3 Å². The van der Waals surface area contributed by atoms with Crippen molar-refractivity contribution in [3.8, 4) is 11.4 Å². The van der Waals surface area contributed by atoms with Crippen LogP contribution in [0.3, 0.4) is 0 Å². The van der Waals surface area contributed by atoms with Gasteiger partial charge in [0.1, 0.15) is 5.82 Å². The predicted octanol–water partition coefficient (Wildman–Crippen LogP) is 1.01. The lowest BCUT2D eigenvalue weighted by Gasteiger charge is -2.29. The summed E-state index contributed by atoms with van der Waals surface area (Å²) < 4.78 is 31.1. The summed E-state index contributed by atoms with van der Waals surface area (Å²) in [6, 6.07) is 6.92. The van der Waals surface area contributed by atoms with Crippen LogP contribution in [0.4, 0.5) is 16.3 Å². The van der Waals surface area contributed by atoms with Crippen LogP contribution in [0.5, 0.6) is 0 Å². The number of urea groups is 1. The molecule has 0 radical (unpaired) electrons. The first-order chi connectivity index (χ1) is 14.3. The highest BCUT2D eigenvalue weighted by atomic mass is 32.2. The molecule has 2 aromatic rings. The highest BCUT2D eigenvalue weighted by Crippen LogP contribution is 2.33. The summed E-state index contributed by atoms with van der Waals surface area (Å²) in [7, 11) is -1.79. The Bertz CT molecular complexity index is 1050. The first kappa shape index (κ1) is 20.5. The van der Waals surface area contributed by atoms with E-state index >= 15 is 0 Å². The molecule has 10 nitrogen and oxygen atoms in total. The number of anilines is 2. The summed E-state index contributed by atoms with van der Waals surface area (Å²) in [6.45, 7) is 3.09. The SMILES string of the molecule is CNC(=O)Nc1ccc(-c2nc3c(c(N4CCOCC4)n2)CN(S(C)(=O)=O)C3)cc1. The second-order valence-corrected chi connectivity index (χ2v) is 9.19. The monoisotopic (exact) mass is 432 g/mol. The van der Waals surface area contributed by atoms with Crippen molar-refractivity contribution in [3.63, 3.8) is 0 Å². The van der Waals surface area contributed by atoms with Crippen molar-refractivity contribution >= 4 is 27.6 Å². The molecule has 160 valence electrons. The van der Waals surface area contributed by atoms with Gasteiger partial charge in [0.2, 0.25) is 10.0 Å². The van der Waals surface area contributed by atoms with E-state index in [1.54, 1.807) is 19.2 Å². The number of carbonyl (C=O) groups is 1. The van der Waals surface area contributed by atoms with Crippen molar-refractivity contribution in [2.45, 2.75) is 13.1 Å². The first-order valence-electron chi connectivity index (χ1n) is 9.62. The fraction of sp³-hybridized carbons (Fsp3) is 0.421. The average Bonchev–Trinajstić information content (AvgIpc) is 3.19. The molecule has 11 heteroatoms. The molecular weight excluding hydrogens is 408 g/mol. The molecule has 0 spiro atoms. The lowest BCUT2D eigenvalue weighted by atomic mass is 10.1. The van der Waals surface area contributed by atoms with E-state index < -0.39 is 10.0 Å². The maximum atomic E-state index is 12.1. The summed E-state index contributed by atoms with van der Waals surface area (Å²) >= 11 is 0. The number of aromatic nitrogens is 2. The zero-order chi connectivity index (χ0) is 21.3. The molecule has 0 unspecified atom stereocenters. The number of carbonyl (C=O) groups excluding carboxylic acids is 1. The van der Waals surface area contributed by atoms with E-state index in [1.807, 2.05) is 12.1 Å². The largest absolute Gasteiger partial charge is 0.378 e. The van der Waals surface area contributed by atoms with Gasteiger partial charge >= 0.3 is 6.03 Å². The van der Waals surface area contributed by atoms with Gasteiger partial charge in [0, 0.05) is 43.5 Å². The summed E-state index contributed by atoms with van der Waals surface area (Å²) in [5.41, 5.74) is 3.01. The maximum Gasteiger partial charge on any atom is 0.318 e. The molecule has 2 aliphatic heterocycles. The van der Waals surface area contributed by atoms with E-state index in [2.05, 4.69) is 20.5 Å². The van der Waals surface area contributed by atoms with E-state index in [4.69, 9.17) is 9.72 Å². The molecule has 0 atom stereocenters. The number of nitrogens with zero attached hydrogens (tertiary/aromatic N) is 4. The van der Waals surface area contributed by atoms with Crippen LogP contribution in [-0.2, 0) is 27.8 Å². The molecule has 3 heterocycles. The highest BCUT2D eigenvalue weighted by molar-refractivity contribution is 7.88. The van der Waals surface area contributed by atoms with Crippen molar-refractivity contribution in [1.82, 2.24) is 19.6 Å². The Kier molecular flexibility index (Phi) is 5.58. The second-order valence-electron chi connectivity index (χ2n) is 7.21. The molecule has 0 aliphatic carbocycles. The van der Waals surface area contributed by atoms with Gasteiger partial charge in [-0.25, -0.2) is 23.2 Å². The molecule has 2 N–H and O–H groups in total. The molecule has 1 aromatic heterocycles.